The van der Waals surface area contributed by atoms with Crippen LogP contribution in [0.2, 0.25) is 0 Å². The fourth-order valence-corrected chi connectivity index (χ4v) is 2.57. The molecule has 2 aromatic carbocycles. The van der Waals surface area contributed by atoms with Crippen LogP contribution in [0, 0.1) is 0 Å². The van der Waals surface area contributed by atoms with Gasteiger partial charge in [-0.05, 0) is 31.2 Å². The first-order chi connectivity index (χ1) is 11.7. The van der Waals surface area contributed by atoms with Crippen LogP contribution in [0.3, 0.4) is 0 Å². The molecule has 0 unspecified atom stereocenters. The molecule has 0 atom stereocenters. The zero-order valence-electron chi connectivity index (χ0n) is 13.7. The molecule has 1 heterocycles. The molecule has 1 N–H and O–H groups in total. The third kappa shape index (κ3) is 3.20. The first-order valence-electron chi connectivity index (χ1n) is 7.77. The Kier molecular flexibility index (Phi) is 4.70. The number of ether oxygens (including phenoxy) is 2. The number of para-hydroxylation sites is 1. The first-order valence-corrected chi connectivity index (χ1v) is 7.77. The molecule has 0 saturated heterocycles. The minimum atomic E-state index is -0.194. The number of rotatable bonds is 6. The lowest BCUT2D eigenvalue weighted by molar-refractivity contribution is 0.0950. The predicted octanol–water partition coefficient (Wildman–Crippen LogP) is 3.77. The fourth-order valence-electron chi connectivity index (χ4n) is 2.57. The Hall–Kier alpha value is -2.95. The fraction of sp³-hybridized carbons (Fsp3) is 0.211. The van der Waals surface area contributed by atoms with Crippen molar-refractivity contribution in [3.63, 3.8) is 0 Å². The van der Waals surface area contributed by atoms with Gasteiger partial charge in [-0.15, -0.1) is 0 Å². The van der Waals surface area contributed by atoms with Gasteiger partial charge < -0.3 is 19.2 Å². The van der Waals surface area contributed by atoms with Crippen LogP contribution >= 0.6 is 0 Å². The van der Waals surface area contributed by atoms with Gasteiger partial charge in [-0.25, -0.2) is 0 Å². The number of benzene rings is 2. The molecule has 0 saturated carbocycles. The lowest BCUT2D eigenvalue weighted by Crippen LogP contribution is -2.23. The highest BCUT2D eigenvalue weighted by atomic mass is 16.5. The smallest absolute Gasteiger partial charge is 0.251 e. The van der Waals surface area contributed by atoms with Crippen LogP contribution in [0.4, 0.5) is 0 Å². The summed E-state index contributed by atoms with van der Waals surface area (Å²) in [6.07, 6.45) is 1.59. The zero-order chi connectivity index (χ0) is 16.9. The minimum absolute atomic E-state index is 0.194. The van der Waals surface area contributed by atoms with E-state index < -0.39 is 0 Å². The van der Waals surface area contributed by atoms with E-state index in [2.05, 4.69) is 5.32 Å². The Labute approximate surface area is 140 Å². The second-order valence-corrected chi connectivity index (χ2v) is 5.23. The Balaban J connectivity index is 1.81. The number of methoxy groups -OCH3 is 1. The van der Waals surface area contributed by atoms with Crippen LogP contribution in [-0.2, 0) is 6.54 Å². The lowest BCUT2D eigenvalue weighted by Gasteiger charge is -2.11. The summed E-state index contributed by atoms with van der Waals surface area (Å²) in [5.74, 6) is 1.20. The van der Waals surface area contributed by atoms with E-state index in [1.807, 2.05) is 37.3 Å². The van der Waals surface area contributed by atoms with Gasteiger partial charge in [0.25, 0.3) is 5.91 Å². The summed E-state index contributed by atoms with van der Waals surface area (Å²) in [6.45, 7) is 2.80. The Morgan fingerprint density at radius 3 is 2.79 bits per heavy atom. The summed E-state index contributed by atoms with van der Waals surface area (Å²) >= 11 is 0. The molecular formula is C19H19NO4. The number of carbonyl (C=O) groups is 1. The number of carbonyl (C=O) groups excluding carboxylic acids is 1. The molecule has 0 radical (unpaired) electrons. The topological polar surface area (TPSA) is 60.7 Å². The van der Waals surface area contributed by atoms with Crippen molar-refractivity contribution in [1.29, 1.82) is 0 Å². The number of fused-ring (bicyclic) bond motifs is 1. The summed E-state index contributed by atoms with van der Waals surface area (Å²) < 4.78 is 16.3. The molecule has 0 aliphatic rings. The first kappa shape index (κ1) is 15.9. The van der Waals surface area contributed by atoms with Gasteiger partial charge in [-0.2, -0.15) is 0 Å². The molecule has 0 bridgehead atoms. The molecule has 1 amide bonds. The molecule has 0 aliphatic heterocycles. The van der Waals surface area contributed by atoms with Crippen molar-refractivity contribution in [2.75, 3.05) is 13.7 Å². The van der Waals surface area contributed by atoms with Gasteiger partial charge in [0.15, 0.2) is 0 Å². The highest BCUT2D eigenvalue weighted by Gasteiger charge is 2.13. The van der Waals surface area contributed by atoms with Crippen molar-refractivity contribution >= 4 is 16.9 Å². The summed E-state index contributed by atoms with van der Waals surface area (Å²) in [5, 5.41) is 3.76. The lowest BCUT2D eigenvalue weighted by atomic mass is 10.1. The van der Waals surface area contributed by atoms with E-state index in [1.165, 1.54) is 0 Å². The van der Waals surface area contributed by atoms with Crippen molar-refractivity contribution in [3.8, 4) is 11.5 Å². The second-order valence-electron chi connectivity index (χ2n) is 5.23. The molecule has 5 nitrogen and oxygen atoms in total. The molecule has 3 rings (SSSR count). The van der Waals surface area contributed by atoms with E-state index in [1.54, 1.807) is 25.5 Å². The molecule has 1 aromatic heterocycles. The molecule has 0 aliphatic carbocycles. The number of nitrogens with one attached hydrogen (secondary N) is 1. The van der Waals surface area contributed by atoms with Gasteiger partial charge in [0, 0.05) is 17.7 Å². The van der Waals surface area contributed by atoms with Crippen LogP contribution in [-0.4, -0.2) is 19.6 Å². The maximum Gasteiger partial charge on any atom is 0.251 e. The van der Waals surface area contributed by atoms with Crippen LogP contribution < -0.4 is 14.8 Å². The SMILES string of the molecule is CCOc1cc(C(=O)NCc2ccccc2OC)cc2occc12. The van der Waals surface area contributed by atoms with Crippen LogP contribution in [0.5, 0.6) is 11.5 Å². The highest BCUT2D eigenvalue weighted by molar-refractivity contribution is 5.99. The van der Waals surface area contributed by atoms with Gasteiger partial charge in [0.2, 0.25) is 0 Å². The standard InChI is InChI=1S/C19H19NO4/c1-3-23-17-10-14(11-18-15(17)8-9-24-18)19(21)20-12-13-6-4-5-7-16(13)22-2/h4-11H,3,12H2,1-2H3,(H,20,21). The largest absolute Gasteiger partial charge is 0.496 e. The summed E-state index contributed by atoms with van der Waals surface area (Å²) in [7, 11) is 1.61. The maximum absolute atomic E-state index is 12.5. The summed E-state index contributed by atoms with van der Waals surface area (Å²) in [5.41, 5.74) is 2.04. The normalized spacial score (nSPS) is 10.6. The van der Waals surface area contributed by atoms with Crippen molar-refractivity contribution < 1.29 is 18.7 Å². The third-order valence-corrected chi connectivity index (χ3v) is 3.73. The van der Waals surface area contributed by atoms with Gasteiger partial charge in [0.05, 0.1) is 25.4 Å². The highest BCUT2D eigenvalue weighted by Crippen LogP contribution is 2.29. The molecule has 0 spiro atoms. The van der Waals surface area contributed by atoms with E-state index >= 15 is 0 Å². The van der Waals surface area contributed by atoms with E-state index in [4.69, 9.17) is 13.9 Å². The summed E-state index contributed by atoms with van der Waals surface area (Å²) in [6, 6.07) is 12.9. The molecule has 5 heteroatoms. The number of hydrogen-bond acceptors (Lipinski definition) is 4. The van der Waals surface area contributed by atoms with E-state index in [-0.39, 0.29) is 5.91 Å². The van der Waals surface area contributed by atoms with Crippen molar-refractivity contribution in [1.82, 2.24) is 5.32 Å². The Morgan fingerprint density at radius 1 is 1.17 bits per heavy atom. The molecule has 24 heavy (non-hydrogen) atoms. The van der Waals surface area contributed by atoms with Crippen LogP contribution in [0.25, 0.3) is 11.0 Å². The second kappa shape index (κ2) is 7.08. The van der Waals surface area contributed by atoms with Gasteiger partial charge in [-0.1, -0.05) is 18.2 Å². The van der Waals surface area contributed by atoms with E-state index in [0.29, 0.717) is 30.0 Å². The van der Waals surface area contributed by atoms with Crippen LogP contribution in [0.1, 0.15) is 22.8 Å². The molecule has 124 valence electrons. The number of amides is 1. The maximum atomic E-state index is 12.5. The molecular weight excluding hydrogens is 306 g/mol. The van der Waals surface area contributed by atoms with Crippen molar-refractivity contribution in [2.45, 2.75) is 13.5 Å². The van der Waals surface area contributed by atoms with Crippen LogP contribution in [0.15, 0.2) is 53.1 Å². The predicted molar refractivity (Wildman–Crippen MR) is 91.5 cm³/mol. The molecule has 3 aromatic rings. The van der Waals surface area contributed by atoms with Gasteiger partial charge in [-0.3, -0.25) is 4.79 Å². The third-order valence-electron chi connectivity index (χ3n) is 3.73. The van der Waals surface area contributed by atoms with Crippen molar-refractivity contribution in [2.24, 2.45) is 0 Å². The summed E-state index contributed by atoms with van der Waals surface area (Å²) in [4.78, 5) is 12.5. The van der Waals surface area contributed by atoms with Gasteiger partial charge >= 0.3 is 0 Å². The minimum Gasteiger partial charge on any atom is -0.496 e. The number of furan rings is 1. The zero-order valence-corrected chi connectivity index (χ0v) is 13.7. The average Bonchev–Trinajstić information content (AvgIpc) is 3.09. The Bertz CT molecular complexity index is 853. The quantitative estimate of drug-likeness (QED) is 0.749. The van der Waals surface area contributed by atoms with E-state index in [0.717, 1.165) is 16.7 Å². The Morgan fingerprint density at radius 2 is 2.00 bits per heavy atom. The van der Waals surface area contributed by atoms with E-state index in [9.17, 15) is 4.79 Å². The van der Waals surface area contributed by atoms with Crippen molar-refractivity contribution in [3.05, 3.63) is 59.9 Å². The van der Waals surface area contributed by atoms with Gasteiger partial charge in [0.1, 0.15) is 17.1 Å². The molecule has 0 fully saturated rings. The average molecular weight is 325 g/mol. The monoisotopic (exact) mass is 325 g/mol. The number of hydrogen-bond donors (Lipinski definition) is 1.